The fraction of sp³-hybridized carbons (Fsp3) is 0.800. The van der Waals surface area contributed by atoms with Crippen molar-refractivity contribution in [2.24, 2.45) is 22.7 Å². The molecule has 248 valence electrons. The first kappa shape index (κ1) is 34.5. The largest absolute Gasteiger partial charge is 0.462 e. The van der Waals surface area contributed by atoms with Crippen LogP contribution in [0.25, 0.3) is 0 Å². The van der Waals surface area contributed by atoms with Gasteiger partial charge in [-0.3, -0.25) is 4.79 Å². The normalized spacial score (nSPS) is 33.9. The minimum atomic E-state index is -1.21. The van der Waals surface area contributed by atoms with Crippen LogP contribution in [0.4, 0.5) is 4.79 Å². The summed E-state index contributed by atoms with van der Waals surface area (Å²) in [4.78, 5) is 36.3. The maximum atomic E-state index is 13.0. The molecule has 7 atom stereocenters. The van der Waals surface area contributed by atoms with Gasteiger partial charge in [0.2, 0.25) is 6.29 Å². The predicted molar refractivity (Wildman–Crippen MR) is 166 cm³/mol. The van der Waals surface area contributed by atoms with Gasteiger partial charge in [0, 0.05) is 30.0 Å². The Hall–Kier alpha value is -2.39. The third-order valence-electron chi connectivity index (χ3n) is 10.8. The minimum absolute atomic E-state index is 0.0350. The zero-order valence-electron chi connectivity index (χ0n) is 27.7. The van der Waals surface area contributed by atoms with Crippen LogP contribution in [0.15, 0.2) is 23.3 Å². The number of alkyl carbamates (subject to hydrolysis) is 1. The fourth-order valence-corrected chi connectivity index (χ4v) is 8.03. The molecule has 2 aliphatic heterocycles. The molecule has 2 saturated carbocycles. The molecule has 9 heteroatoms. The summed E-state index contributed by atoms with van der Waals surface area (Å²) in [6.45, 7) is 13.7. The Bertz CT molecular complexity index is 1110. The first-order valence-corrected chi connectivity index (χ1v) is 16.8. The molecule has 0 radical (unpaired) electrons. The number of aliphatic hydroxyl groups is 1. The highest BCUT2D eigenvalue weighted by atomic mass is 16.6. The highest BCUT2D eigenvalue weighted by molar-refractivity contribution is 5.85. The second-order valence-corrected chi connectivity index (χ2v) is 15.0. The van der Waals surface area contributed by atoms with Gasteiger partial charge in [0.05, 0.1) is 12.7 Å². The van der Waals surface area contributed by atoms with Crippen LogP contribution in [0.1, 0.15) is 119 Å². The average molecular weight is 618 g/mol. The number of amides is 1. The molecule has 1 amide bonds. The lowest BCUT2D eigenvalue weighted by Crippen LogP contribution is -2.56. The van der Waals surface area contributed by atoms with Crippen LogP contribution >= 0.6 is 0 Å². The van der Waals surface area contributed by atoms with Crippen molar-refractivity contribution in [3.8, 4) is 0 Å². The lowest BCUT2D eigenvalue weighted by atomic mass is 9.46. The molecule has 2 heterocycles. The number of hydrogen-bond donors (Lipinski definition) is 2. The van der Waals surface area contributed by atoms with E-state index in [2.05, 4.69) is 32.2 Å². The van der Waals surface area contributed by atoms with Crippen LogP contribution in [0.5, 0.6) is 0 Å². The lowest BCUT2D eigenvalue weighted by Gasteiger charge is -2.60. The molecule has 0 aromatic rings. The topological polar surface area (TPSA) is 120 Å². The summed E-state index contributed by atoms with van der Waals surface area (Å²) >= 11 is 0. The van der Waals surface area contributed by atoms with Crippen LogP contribution in [0, 0.1) is 22.7 Å². The Morgan fingerprint density at radius 3 is 2.57 bits per heavy atom. The van der Waals surface area contributed by atoms with Crippen LogP contribution in [0.3, 0.4) is 0 Å². The van der Waals surface area contributed by atoms with E-state index in [0.717, 1.165) is 64.2 Å². The van der Waals surface area contributed by atoms with Crippen molar-refractivity contribution in [1.29, 1.82) is 0 Å². The van der Waals surface area contributed by atoms with Gasteiger partial charge in [0.1, 0.15) is 11.7 Å². The smallest absolute Gasteiger partial charge is 0.407 e. The standard InChI is InChI=1S/C35H55NO8/c1-23-16-18-35(6)27(34(23,5)19-17-24-14-15-26(41-22-24)25-21-30(38)43-31(25)39)11-10-12-28(35)42-29(37)13-8-7-9-20-36-32(40)44-33(2,3)4/h14,21,23,26-28,31,39H,7-13,15-20,22H2,1-6H3,(H,36,40)/t23-,26+,27+,28+,31+,34-,35+/m0/s1. The summed E-state index contributed by atoms with van der Waals surface area (Å²) in [5, 5.41) is 12.8. The lowest BCUT2D eigenvalue weighted by molar-refractivity contribution is -0.182. The van der Waals surface area contributed by atoms with Gasteiger partial charge < -0.3 is 29.4 Å². The molecule has 44 heavy (non-hydrogen) atoms. The van der Waals surface area contributed by atoms with E-state index in [1.807, 2.05) is 20.8 Å². The number of hydrogen-bond acceptors (Lipinski definition) is 8. The minimum Gasteiger partial charge on any atom is -0.462 e. The quantitative estimate of drug-likeness (QED) is 0.116. The number of rotatable bonds is 11. The van der Waals surface area contributed by atoms with Gasteiger partial charge in [-0.15, -0.1) is 0 Å². The number of aliphatic hydroxyl groups excluding tert-OH is 1. The summed E-state index contributed by atoms with van der Waals surface area (Å²) in [6.07, 6.45) is 12.3. The maximum absolute atomic E-state index is 13.0. The second kappa shape index (κ2) is 14.4. The molecule has 0 spiro atoms. The summed E-state index contributed by atoms with van der Waals surface area (Å²) in [5.41, 5.74) is 1.35. The summed E-state index contributed by atoms with van der Waals surface area (Å²) < 4.78 is 22.4. The zero-order chi connectivity index (χ0) is 32.1. The Kier molecular flexibility index (Phi) is 11.3. The van der Waals surface area contributed by atoms with Gasteiger partial charge in [-0.1, -0.05) is 33.3 Å². The first-order valence-electron chi connectivity index (χ1n) is 16.8. The van der Waals surface area contributed by atoms with E-state index in [-0.39, 0.29) is 29.0 Å². The second-order valence-electron chi connectivity index (χ2n) is 15.0. The van der Waals surface area contributed by atoms with E-state index >= 15 is 0 Å². The molecule has 2 N–H and O–H groups in total. The number of unbranched alkanes of at least 4 members (excludes halogenated alkanes) is 2. The van der Waals surface area contributed by atoms with Crippen molar-refractivity contribution in [3.63, 3.8) is 0 Å². The number of esters is 2. The summed E-state index contributed by atoms with van der Waals surface area (Å²) in [6, 6.07) is 0. The highest BCUT2D eigenvalue weighted by Gasteiger charge is 2.57. The molecule has 0 aromatic heterocycles. The maximum Gasteiger partial charge on any atom is 0.407 e. The molecule has 4 rings (SSSR count). The molecule has 0 bridgehead atoms. The van der Waals surface area contributed by atoms with Crippen LogP contribution < -0.4 is 5.32 Å². The molecular weight excluding hydrogens is 562 g/mol. The molecule has 4 aliphatic rings. The van der Waals surface area contributed by atoms with Gasteiger partial charge in [0.15, 0.2) is 0 Å². The molecule has 2 aliphatic carbocycles. The average Bonchev–Trinajstić information content (AvgIpc) is 3.29. The van der Waals surface area contributed by atoms with Crippen LogP contribution in [-0.4, -0.2) is 60.4 Å². The van der Waals surface area contributed by atoms with Gasteiger partial charge in [0.25, 0.3) is 0 Å². The monoisotopic (exact) mass is 617 g/mol. The van der Waals surface area contributed by atoms with Gasteiger partial charge in [-0.05, 0) is 108 Å². The Morgan fingerprint density at radius 1 is 1.14 bits per heavy atom. The number of ether oxygens (including phenoxy) is 4. The molecule has 0 saturated heterocycles. The van der Waals surface area contributed by atoms with Gasteiger partial charge in [-0.25, -0.2) is 9.59 Å². The van der Waals surface area contributed by atoms with Crippen molar-refractivity contribution >= 4 is 18.0 Å². The number of fused-ring (bicyclic) bond motifs is 1. The number of carbonyl (C=O) groups is 3. The highest BCUT2D eigenvalue weighted by Crippen LogP contribution is 2.62. The van der Waals surface area contributed by atoms with Crippen molar-refractivity contribution in [2.75, 3.05) is 13.2 Å². The van der Waals surface area contributed by atoms with Crippen molar-refractivity contribution in [2.45, 2.75) is 143 Å². The zero-order valence-corrected chi connectivity index (χ0v) is 27.7. The summed E-state index contributed by atoms with van der Waals surface area (Å²) in [5.74, 6) is 0.424. The van der Waals surface area contributed by atoms with E-state index in [9.17, 15) is 19.5 Å². The SMILES string of the molecule is C[C@H]1CC[C@]2(C)[C@H](CCC[C@H]2OC(=O)CCCCCNC(=O)OC(C)(C)C)[C@@]1(C)CCC1=CC[C@H](C2=CC(=O)O[C@H]2O)OC1. The molecule has 9 nitrogen and oxygen atoms in total. The number of nitrogens with one attached hydrogen (secondary N) is 1. The van der Waals surface area contributed by atoms with Crippen molar-refractivity contribution in [1.82, 2.24) is 5.32 Å². The van der Waals surface area contributed by atoms with Crippen LogP contribution in [-0.2, 0) is 28.5 Å². The fourth-order valence-electron chi connectivity index (χ4n) is 8.03. The third-order valence-corrected chi connectivity index (χ3v) is 10.8. The van der Waals surface area contributed by atoms with E-state index in [1.54, 1.807) is 0 Å². The van der Waals surface area contributed by atoms with Crippen LogP contribution in [0.2, 0.25) is 0 Å². The Balaban J connectivity index is 1.26. The van der Waals surface area contributed by atoms with E-state index in [4.69, 9.17) is 18.9 Å². The summed E-state index contributed by atoms with van der Waals surface area (Å²) in [7, 11) is 0. The van der Waals surface area contributed by atoms with Crippen molar-refractivity contribution < 1.29 is 38.4 Å². The molecular formula is C35H55NO8. The Labute approximate surface area is 263 Å². The molecule has 0 unspecified atom stereocenters. The first-order chi connectivity index (χ1) is 20.7. The van der Waals surface area contributed by atoms with Gasteiger partial charge >= 0.3 is 18.0 Å². The van der Waals surface area contributed by atoms with E-state index < -0.39 is 24.0 Å². The van der Waals surface area contributed by atoms with Crippen molar-refractivity contribution in [3.05, 3.63) is 23.3 Å². The Morgan fingerprint density at radius 2 is 1.91 bits per heavy atom. The number of cyclic esters (lactones) is 1. The third kappa shape index (κ3) is 8.45. The molecule has 0 aromatic carbocycles. The predicted octanol–water partition coefficient (Wildman–Crippen LogP) is 6.52. The number of carbonyl (C=O) groups excluding carboxylic acids is 3. The van der Waals surface area contributed by atoms with Gasteiger partial charge in [-0.2, -0.15) is 0 Å². The van der Waals surface area contributed by atoms with E-state index in [1.165, 1.54) is 11.6 Å². The van der Waals surface area contributed by atoms with E-state index in [0.29, 0.717) is 43.4 Å². The molecule has 2 fully saturated rings.